The zero-order chi connectivity index (χ0) is 15.5. The number of hydrogen-bond acceptors (Lipinski definition) is 3. The van der Waals surface area contributed by atoms with Gasteiger partial charge < -0.3 is 10.1 Å². The highest BCUT2D eigenvalue weighted by atomic mass is 35.6. The molecular weight excluding hydrogens is 335 g/mol. The number of halogens is 3. The van der Waals surface area contributed by atoms with Gasteiger partial charge in [0.2, 0.25) is 3.79 Å². The van der Waals surface area contributed by atoms with Crippen LogP contribution < -0.4 is 5.32 Å². The lowest BCUT2D eigenvalue weighted by Crippen LogP contribution is -2.58. The third kappa shape index (κ3) is 4.73. The molecule has 0 aliphatic carbocycles. The van der Waals surface area contributed by atoms with Crippen LogP contribution in [0.25, 0.3) is 0 Å². The lowest BCUT2D eigenvalue weighted by molar-refractivity contribution is 0.00996. The van der Waals surface area contributed by atoms with Gasteiger partial charge in [0.1, 0.15) is 6.17 Å². The summed E-state index contributed by atoms with van der Waals surface area (Å²) in [6.45, 7) is 4.24. The van der Waals surface area contributed by atoms with Gasteiger partial charge in [0.15, 0.2) is 0 Å². The van der Waals surface area contributed by atoms with E-state index in [9.17, 15) is 4.79 Å². The van der Waals surface area contributed by atoms with Gasteiger partial charge in [-0.3, -0.25) is 9.69 Å². The van der Waals surface area contributed by atoms with Crippen LogP contribution in [0.5, 0.6) is 0 Å². The smallest absolute Gasteiger partial charge is 0.252 e. The minimum atomic E-state index is -1.61. The molecular formula is C14H17Cl3N2O2. The molecule has 116 valence electrons. The Labute approximate surface area is 139 Å². The van der Waals surface area contributed by atoms with Crippen molar-refractivity contribution in [3.63, 3.8) is 0 Å². The number of morpholine rings is 1. The van der Waals surface area contributed by atoms with Gasteiger partial charge in [0.05, 0.1) is 13.2 Å². The average molecular weight is 352 g/mol. The number of alkyl halides is 3. The van der Waals surface area contributed by atoms with E-state index in [-0.39, 0.29) is 5.91 Å². The van der Waals surface area contributed by atoms with E-state index in [1.807, 2.05) is 24.0 Å². The van der Waals surface area contributed by atoms with Gasteiger partial charge in [0.25, 0.3) is 5.91 Å². The lowest BCUT2D eigenvalue weighted by atomic mass is 10.1. The Hall–Kier alpha value is -0.520. The molecule has 0 aromatic heterocycles. The van der Waals surface area contributed by atoms with Crippen LogP contribution >= 0.6 is 34.8 Å². The molecule has 0 spiro atoms. The molecule has 0 radical (unpaired) electrons. The zero-order valence-electron chi connectivity index (χ0n) is 11.6. The Morgan fingerprint density at radius 2 is 2.00 bits per heavy atom. The molecule has 1 saturated heterocycles. The van der Waals surface area contributed by atoms with E-state index in [0.29, 0.717) is 31.9 Å². The predicted octanol–water partition coefficient (Wildman–Crippen LogP) is 2.75. The van der Waals surface area contributed by atoms with Crippen molar-refractivity contribution >= 4 is 40.7 Å². The molecule has 1 aliphatic rings. The van der Waals surface area contributed by atoms with E-state index in [1.54, 1.807) is 12.1 Å². The van der Waals surface area contributed by atoms with E-state index >= 15 is 0 Å². The number of benzene rings is 1. The highest BCUT2D eigenvalue weighted by Gasteiger charge is 2.39. The van der Waals surface area contributed by atoms with Crippen molar-refractivity contribution in [3.05, 3.63) is 35.4 Å². The third-order valence-electron chi connectivity index (χ3n) is 3.27. The van der Waals surface area contributed by atoms with E-state index in [1.165, 1.54) is 0 Å². The van der Waals surface area contributed by atoms with Crippen molar-refractivity contribution in [1.82, 2.24) is 10.2 Å². The molecule has 2 rings (SSSR count). The highest BCUT2D eigenvalue weighted by Crippen LogP contribution is 2.32. The Morgan fingerprint density at radius 1 is 1.33 bits per heavy atom. The second kappa shape index (κ2) is 7.16. The summed E-state index contributed by atoms with van der Waals surface area (Å²) in [6, 6.07) is 7.27. The second-order valence-electron chi connectivity index (χ2n) is 4.94. The maximum Gasteiger partial charge on any atom is 0.252 e. The van der Waals surface area contributed by atoms with Crippen molar-refractivity contribution in [2.45, 2.75) is 16.9 Å². The summed E-state index contributed by atoms with van der Waals surface area (Å²) in [4.78, 5) is 14.3. The van der Waals surface area contributed by atoms with E-state index in [0.717, 1.165) is 5.56 Å². The first-order valence-electron chi connectivity index (χ1n) is 6.64. The second-order valence-corrected chi connectivity index (χ2v) is 7.30. The fraction of sp³-hybridized carbons (Fsp3) is 0.500. The minimum Gasteiger partial charge on any atom is -0.379 e. The molecule has 0 unspecified atom stereocenters. The number of nitrogens with zero attached hydrogens (tertiary/aromatic N) is 1. The fourth-order valence-electron chi connectivity index (χ4n) is 2.21. The minimum absolute atomic E-state index is 0.262. The van der Waals surface area contributed by atoms with Crippen LogP contribution in [0.1, 0.15) is 15.9 Å². The molecule has 1 aromatic carbocycles. The number of hydrogen-bond donors (Lipinski definition) is 1. The number of rotatable bonds is 3. The van der Waals surface area contributed by atoms with Crippen LogP contribution in [0, 0.1) is 6.92 Å². The highest BCUT2D eigenvalue weighted by molar-refractivity contribution is 6.68. The van der Waals surface area contributed by atoms with E-state index in [2.05, 4.69) is 5.32 Å². The molecule has 1 N–H and O–H groups in total. The topological polar surface area (TPSA) is 41.6 Å². The van der Waals surface area contributed by atoms with Gasteiger partial charge in [-0.05, 0) is 19.1 Å². The van der Waals surface area contributed by atoms with Gasteiger partial charge in [-0.25, -0.2) is 0 Å². The first kappa shape index (κ1) is 16.8. The normalized spacial score (nSPS) is 18.3. The first-order valence-corrected chi connectivity index (χ1v) is 7.77. The number of carbonyl (C=O) groups is 1. The van der Waals surface area contributed by atoms with Gasteiger partial charge in [-0.1, -0.05) is 52.5 Å². The Bertz CT molecular complexity index is 499. The molecule has 1 fully saturated rings. The van der Waals surface area contributed by atoms with Crippen LogP contribution in [-0.2, 0) is 4.74 Å². The predicted molar refractivity (Wildman–Crippen MR) is 85.1 cm³/mol. The van der Waals surface area contributed by atoms with Crippen LogP contribution in [0.4, 0.5) is 0 Å². The molecule has 1 heterocycles. The Balaban J connectivity index is 2.13. The summed E-state index contributed by atoms with van der Waals surface area (Å²) in [5.74, 6) is -0.262. The molecule has 1 aliphatic heterocycles. The van der Waals surface area contributed by atoms with Crippen LogP contribution in [0.2, 0.25) is 0 Å². The first-order chi connectivity index (χ1) is 9.88. The molecule has 1 amide bonds. The largest absolute Gasteiger partial charge is 0.379 e. The zero-order valence-corrected chi connectivity index (χ0v) is 13.9. The molecule has 21 heavy (non-hydrogen) atoms. The Kier molecular flexibility index (Phi) is 5.74. The number of aryl methyl sites for hydroxylation is 1. The van der Waals surface area contributed by atoms with Crippen LogP contribution in [0.3, 0.4) is 0 Å². The molecule has 0 bridgehead atoms. The fourth-order valence-corrected chi connectivity index (χ4v) is 2.79. The van der Waals surface area contributed by atoms with Crippen molar-refractivity contribution < 1.29 is 9.53 Å². The standard InChI is InChI=1S/C14H17Cl3N2O2/c1-10-3-2-4-11(9-10)12(20)18-13(14(15,16)17)19-5-7-21-8-6-19/h2-4,9,13H,5-8H2,1H3,(H,18,20)/t13-/m0/s1. The van der Waals surface area contributed by atoms with E-state index < -0.39 is 9.96 Å². The summed E-state index contributed by atoms with van der Waals surface area (Å²) in [6.07, 6.45) is -0.695. The van der Waals surface area contributed by atoms with Gasteiger partial charge >= 0.3 is 0 Å². The number of ether oxygens (including phenoxy) is 1. The summed E-state index contributed by atoms with van der Waals surface area (Å²) in [5.41, 5.74) is 1.54. The van der Waals surface area contributed by atoms with E-state index in [4.69, 9.17) is 39.5 Å². The number of nitrogens with one attached hydrogen (secondary N) is 1. The van der Waals surface area contributed by atoms with Gasteiger partial charge in [-0.2, -0.15) is 0 Å². The lowest BCUT2D eigenvalue weighted by Gasteiger charge is -2.38. The number of carbonyl (C=O) groups excluding carboxylic acids is 1. The van der Waals surface area contributed by atoms with Crippen LogP contribution in [0.15, 0.2) is 24.3 Å². The molecule has 7 heteroatoms. The van der Waals surface area contributed by atoms with Crippen molar-refractivity contribution in [1.29, 1.82) is 0 Å². The van der Waals surface area contributed by atoms with Crippen molar-refractivity contribution in [3.8, 4) is 0 Å². The summed E-state index contributed by atoms with van der Waals surface area (Å²) in [5, 5.41) is 2.81. The monoisotopic (exact) mass is 350 g/mol. The van der Waals surface area contributed by atoms with Gasteiger partial charge in [0, 0.05) is 18.7 Å². The molecule has 1 atom stereocenters. The third-order valence-corrected chi connectivity index (χ3v) is 3.89. The quantitative estimate of drug-likeness (QED) is 0.852. The average Bonchev–Trinajstić information content (AvgIpc) is 2.44. The van der Waals surface area contributed by atoms with Gasteiger partial charge in [-0.15, -0.1) is 0 Å². The van der Waals surface area contributed by atoms with Crippen LogP contribution in [-0.4, -0.2) is 47.1 Å². The van der Waals surface area contributed by atoms with Crippen molar-refractivity contribution in [2.75, 3.05) is 26.3 Å². The Morgan fingerprint density at radius 3 is 2.57 bits per heavy atom. The molecule has 0 saturated carbocycles. The van der Waals surface area contributed by atoms with Crippen molar-refractivity contribution in [2.24, 2.45) is 0 Å². The summed E-state index contributed by atoms with van der Waals surface area (Å²) < 4.78 is 3.67. The molecule has 4 nitrogen and oxygen atoms in total. The summed E-state index contributed by atoms with van der Waals surface area (Å²) in [7, 11) is 0. The molecule has 1 aromatic rings. The maximum absolute atomic E-state index is 12.4. The SMILES string of the molecule is Cc1cccc(C(=O)N[C@@H](N2CCOCC2)C(Cl)(Cl)Cl)c1. The summed E-state index contributed by atoms with van der Waals surface area (Å²) >= 11 is 18.1. The maximum atomic E-state index is 12.4. The number of amides is 1.